The van der Waals surface area contributed by atoms with Crippen molar-refractivity contribution < 1.29 is 9.53 Å². The Bertz CT molecular complexity index is 1070. The quantitative estimate of drug-likeness (QED) is 0.450. The van der Waals surface area contributed by atoms with Crippen molar-refractivity contribution in [1.82, 2.24) is 15.0 Å². The molecule has 0 aliphatic rings. The third-order valence-corrected chi connectivity index (χ3v) is 4.89. The molecule has 0 saturated heterocycles. The van der Waals surface area contributed by atoms with E-state index in [2.05, 4.69) is 15.5 Å². The molecule has 1 amide bonds. The maximum absolute atomic E-state index is 12.7. The first-order valence-electron chi connectivity index (χ1n) is 9.52. The van der Waals surface area contributed by atoms with E-state index in [-0.39, 0.29) is 10.8 Å². The number of rotatable bonds is 7. The van der Waals surface area contributed by atoms with Crippen LogP contribution in [0.1, 0.15) is 16.1 Å². The van der Waals surface area contributed by atoms with Crippen molar-refractivity contribution in [3.8, 4) is 11.4 Å². The van der Waals surface area contributed by atoms with Gasteiger partial charge in [0.05, 0.1) is 19.0 Å². The van der Waals surface area contributed by atoms with Crippen LogP contribution in [0.5, 0.6) is 5.75 Å². The number of nitrogens with zero attached hydrogens (tertiary/aromatic N) is 5. The number of aromatic nitrogens is 2. The standard InChI is InChI=1S/C22H25ClN6O2/c1-27(2)16-8-6-15(7-9-16)14-24-26-21(30)19-20(23)29(22(25-19)28(3)4)17-10-12-18(31-5)13-11-17/h6-14H,1-5H3,(H,26,30)/b24-14+. The van der Waals surface area contributed by atoms with Crippen LogP contribution in [0.25, 0.3) is 5.69 Å². The van der Waals surface area contributed by atoms with Crippen molar-refractivity contribution in [1.29, 1.82) is 0 Å². The Balaban J connectivity index is 1.82. The first-order valence-corrected chi connectivity index (χ1v) is 9.90. The molecule has 0 bridgehead atoms. The molecule has 9 heteroatoms. The maximum atomic E-state index is 12.7. The van der Waals surface area contributed by atoms with E-state index in [0.29, 0.717) is 5.95 Å². The van der Waals surface area contributed by atoms with E-state index in [4.69, 9.17) is 16.3 Å². The second kappa shape index (κ2) is 9.53. The summed E-state index contributed by atoms with van der Waals surface area (Å²) in [6.07, 6.45) is 1.57. The summed E-state index contributed by atoms with van der Waals surface area (Å²) < 4.78 is 6.90. The Morgan fingerprint density at radius 2 is 1.71 bits per heavy atom. The maximum Gasteiger partial charge on any atom is 0.293 e. The number of methoxy groups -OCH3 is 1. The number of imidazole rings is 1. The van der Waals surface area contributed by atoms with E-state index in [1.165, 1.54) is 0 Å². The zero-order valence-electron chi connectivity index (χ0n) is 18.1. The van der Waals surface area contributed by atoms with Crippen LogP contribution in [-0.4, -0.2) is 57.0 Å². The van der Waals surface area contributed by atoms with Gasteiger partial charge in [-0.1, -0.05) is 23.7 Å². The lowest BCUT2D eigenvalue weighted by atomic mass is 10.2. The Kier molecular flexibility index (Phi) is 6.81. The van der Waals surface area contributed by atoms with Gasteiger partial charge in [-0.15, -0.1) is 0 Å². The number of carbonyl (C=O) groups is 1. The highest BCUT2D eigenvalue weighted by atomic mass is 35.5. The summed E-state index contributed by atoms with van der Waals surface area (Å²) >= 11 is 6.54. The van der Waals surface area contributed by atoms with E-state index in [1.54, 1.807) is 22.8 Å². The molecular formula is C22H25ClN6O2. The van der Waals surface area contributed by atoms with E-state index in [9.17, 15) is 4.79 Å². The third-order valence-electron chi connectivity index (χ3n) is 4.54. The van der Waals surface area contributed by atoms with Gasteiger partial charge in [0.2, 0.25) is 5.95 Å². The summed E-state index contributed by atoms with van der Waals surface area (Å²) in [5, 5.41) is 4.23. The molecule has 3 rings (SSSR count). The van der Waals surface area contributed by atoms with Crippen LogP contribution in [0.2, 0.25) is 5.15 Å². The second-order valence-electron chi connectivity index (χ2n) is 7.16. The number of hydrogen-bond donors (Lipinski definition) is 1. The van der Waals surface area contributed by atoms with Gasteiger partial charge in [-0.25, -0.2) is 10.4 Å². The van der Waals surface area contributed by atoms with Gasteiger partial charge in [0.15, 0.2) is 5.69 Å². The minimum atomic E-state index is -0.499. The van der Waals surface area contributed by atoms with Crippen LogP contribution in [0, 0.1) is 0 Å². The first kappa shape index (κ1) is 22.2. The van der Waals surface area contributed by atoms with Gasteiger partial charge in [-0.05, 0) is 42.0 Å². The van der Waals surface area contributed by atoms with Crippen molar-refractivity contribution >= 4 is 35.4 Å². The molecule has 1 N–H and O–H groups in total. The van der Waals surface area contributed by atoms with Crippen molar-refractivity contribution in [2.75, 3.05) is 45.1 Å². The number of halogens is 1. The number of carbonyl (C=O) groups excluding carboxylic acids is 1. The molecule has 0 aliphatic carbocycles. The monoisotopic (exact) mass is 440 g/mol. The van der Waals surface area contributed by atoms with Crippen LogP contribution >= 0.6 is 11.6 Å². The molecular weight excluding hydrogens is 416 g/mol. The number of ether oxygens (including phenoxy) is 1. The third kappa shape index (κ3) is 4.97. The van der Waals surface area contributed by atoms with Crippen LogP contribution in [0.3, 0.4) is 0 Å². The first-order chi connectivity index (χ1) is 14.8. The molecule has 0 spiro atoms. The number of hydrazone groups is 1. The van der Waals surface area contributed by atoms with Gasteiger partial charge < -0.3 is 14.5 Å². The van der Waals surface area contributed by atoms with E-state index in [1.807, 2.05) is 81.6 Å². The average Bonchev–Trinajstić information content (AvgIpc) is 3.11. The Morgan fingerprint density at radius 1 is 1.06 bits per heavy atom. The smallest absolute Gasteiger partial charge is 0.293 e. The molecule has 0 atom stereocenters. The molecule has 8 nitrogen and oxygen atoms in total. The summed E-state index contributed by atoms with van der Waals surface area (Å²) in [5.41, 5.74) is 5.27. The molecule has 162 valence electrons. The van der Waals surface area contributed by atoms with E-state index < -0.39 is 5.91 Å². The summed E-state index contributed by atoms with van der Waals surface area (Å²) in [6, 6.07) is 15.1. The second-order valence-corrected chi connectivity index (χ2v) is 7.52. The molecule has 3 aromatic rings. The molecule has 0 radical (unpaired) electrons. The largest absolute Gasteiger partial charge is 0.497 e. The van der Waals surface area contributed by atoms with Gasteiger partial charge in [-0.2, -0.15) is 5.10 Å². The number of nitrogens with one attached hydrogen (secondary N) is 1. The zero-order chi connectivity index (χ0) is 22.5. The molecule has 0 saturated carbocycles. The van der Waals surface area contributed by atoms with Crippen molar-refractivity contribution in [2.45, 2.75) is 0 Å². The van der Waals surface area contributed by atoms with Crippen LogP contribution in [-0.2, 0) is 0 Å². The average molecular weight is 441 g/mol. The summed E-state index contributed by atoms with van der Waals surface area (Å²) in [6.45, 7) is 0. The minimum Gasteiger partial charge on any atom is -0.497 e. The van der Waals surface area contributed by atoms with Gasteiger partial charge in [0.25, 0.3) is 5.91 Å². The fourth-order valence-corrected chi connectivity index (χ4v) is 3.17. The molecule has 1 aromatic heterocycles. The number of amides is 1. The lowest BCUT2D eigenvalue weighted by Gasteiger charge is -2.15. The predicted molar refractivity (Wildman–Crippen MR) is 125 cm³/mol. The predicted octanol–water partition coefficient (Wildman–Crippen LogP) is 3.43. The Labute approximate surface area is 186 Å². The van der Waals surface area contributed by atoms with Crippen molar-refractivity contribution in [3.05, 3.63) is 64.9 Å². The number of anilines is 2. The van der Waals surface area contributed by atoms with Gasteiger partial charge in [0, 0.05) is 33.9 Å². The summed E-state index contributed by atoms with van der Waals surface area (Å²) in [7, 11) is 9.20. The summed E-state index contributed by atoms with van der Waals surface area (Å²) in [5.74, 6) is 0.738. The highest BCUT2D eigenvalue weighted by Gasteiger charge is 2.23. The molecule has 2 aromatic carbocycles. The molecule has 0 aliphatic heterocycles. The van der Waals surface area contributed by atoms with Crippen LogP contribution in [0.4, 0.5) is 11.6 Å². The van der Waals surface area contributed by atoms with E-state index in [0.717, 1.165) is 22.7 Å². The van der Waals surface area contributed by atoms with Gasteiger partial charge in [-0.3, -0.25) is 9.36 Å². The summed E-state index contributed by atoms with van der Waals surface area (Å²) in [4.78, 5) is 20.9. The lowest BCUT2D eigenvalue weighted by Crippen LogP contribution is -2.19. The molecule has 31 heavy (non-hydrogen) atoms. The number of hydrogen-bond acceptors (Lipinski definition) is 6. The SMILES string of the molecule is COc1ccc(-n2c(N(C)C)nc(C(=O)N/N=C/c3ccc(N(C)C)cc3)c2Cl)cc1. The fraction of sp³-hybridized carbons (Fsp3) is 0.227. The van der Waals surface area contributed by atoms with Crippen LogP contribution < -0.4 is 20.0 Å². The normalized spacial score (nSPS) is 10.9. The molecule has 0 unspecified atom stereocenters. The van der Waals surface area contributed by atoms with Gasteiger partial charge >= 0.3 is 0 Å². The molecule has 1 heterocycles. The highest BCUT2D eigenvalue weighted by molar-refractivity contribution is 6.33. The lowest BCUT2D eigenvalue weighted by molar-refractivity contribution is 0.0951. The topological polar surface area (TPSA) is 75.0 Å². The fourth-order valence-electron chi connectivity index (χ4n) is 2.87. The van der Waals surface area contributed by atoms with Crippen molar-refractivity contribution in [3.63, 3.8) is 0 Å². The Hall–Kier alpha value is -3.52. The van der Waals surface area contributed by atoms with E-state index >= 15 is 0 Å². The zero-order valence-corrected chi connectivity index (χ0v) is 18.9. The van der Waals surface area contributed by atoms with Crippen LogP contribution in [0.15, 0.2) is 53.6 Å². The van der Waals surface area contributed by atoms with Crippen molar-refractivity contribution in [2.24, 2.45) is 5.10 Å². The highest BCUT2D eigenvalue weighted by Crippen LogP contribution is 2.29. The molecule has 0 fully saturated rings. The minimum absolute atomic E-state index is 0.0845. The number of benzene rings is 2. The van der Waals surface area contributed by atoms with Gasteiger partial charge in [0.1, 0.15) is 10.9 Å². The Morgan fingerprint density at radius 3 is 2.26 bits per heavy atom.